The minimum atomic E-state index is -0.406. The molecule has 1 atom stereocenters. The van der Waals surface area contributed by atoms with Crippen LogP contribution < -0.4 is 0 Å². The summed E-state index contributed by atoms with van der Waals surface area (Å²) < 4.78 is 1.74. The molecular weight excluding hydrogens is 152 g/mol. The number of hydrogen-bond acceptors (Lipinski definition) is 2. The molecule has 1 rings (SSSR count). The minimum absolute atomic E-state index is 0.236. The Labute approximate surface area is 73.0 Å². The van der Waals surface area contributed by atoms with Gasteiger partial charge in [-0.25, -0.2) is 0 Å². The maximum absolute atomic E-state index is 9.73. The van der Waals surface area contributed by atoms with Gasteiger partial charge in [0.2, 0.25) is 0 Å². The van der Waals surface area contributed by atoms with E-state index in [-0.39, 0.29) is 5.92 Å². The summed E-state index contributed by atoms with van der Waals surface area (Å²) in [5, 5.41) is 13.9. The number of hydrogen-bond donors (Lipinski definition) is 1. The number of aliphatic hydroxyl groups excluding tert-OH is 1. The molecular formula is C9H16N2O. The molecule has 0 saturated heterocycles. The first kappa shape index (κ1) is 9.26. The van der Waals surface area contributed by atoms with Gasteiger partial charge < -0.3 is 5.11 Å². The second-order valence-electron chi connectivity index (χ2n) is 3.52. The molecule has 3 nitrogen and oxygen atoms in total. The molecule has 3 heteroatoms. The lowest BCUT2D eigenvalue weighted by molar-refractivity contribution is 0.118. The number of aliphatic hydroxyl groups is 1. The Hall–Kier alpha value is -0.830. The van der Waals surface area contributed by atoms with E-state index in [9.17, 15) is 5.11 Å². The molecule has 0 fully saturated rings. The lowest BCUT2D eigenvalue weighted by atomic mass is 10.0. The Kier molecular flexibility index (Phi) is 2.52. The summed E-state index contributed by atoms with van der Waals surface area (Å²) in [5.74, 6) is 0.236. The first-order chi connectivity index (χ1) is 5.52. The van der Waals surface area contributed by atoms with E-state index in [4.69, 9.17) is 0 Å². The van der Waals surface area contributed by atoms with Gasteiger partial charge in [-0.15, -0.1) is 0 Å². The molecule has 68 valence electrons. The van der Waals surface area contributed by atoms with Crippen molar-refractivity contribution in [2.75, 3.05) is 0 Å². The zero-order chi connectivity index (χ0) is 9.30. The summed E-state index contributed by atoms with van der Waals surface area (Å²) >= 11 is 0. The first-order valence-corrected chi connectivity index (χ1v) is 4.21. The molecule has 1 N–H and O–H groups in total. The lowest BCUT2D eigenvalue weighted by Crippen LogP contribution is -2.10. The Morgan fingerprint density at radius 3 is 2.42 bits per heavy atom. The second kappa shape index (κ2) is 3.27. The monoisotopic (exact) mass is 168 g/mol. The Morgan fingerprint density at radius 2 is 2.08 bits per heavy atom. The van der Waals surface area contributed by atoms with Crippen LogP contribution in [0.15, 0.2) is 6.07 Å². The van der Waals surface area contributed by atoms with Crippen molar-refractivity contribution in [3.8, 4) is 0 Å². The summed E-state index contributed by atoms with van der Waals surface area (Å²) in [6.07, 6.45) is -0.406. The van der Waals surface area contributed by atoms with Crippen molar-refractivity contribution in [3.05, 3.63) is 17.5 Å². The van der Waals surface area contributed by atoms with Crippen molar-refractivity contribution >= 4 is 0 Å². The summed E-state index contributed by atoms with van der Waals surface area (Å²) in [5.41, 5.74) is 1.84. The molecule has 1 unspecified atom stereocenters. The third kappa shape index (κ3) is 1.67. The van der Waals surface area contributed by atoms with E-state index < -0.39 is 6.10 Å². The van der Waals surface area contributed by atoms with Gasteiger partial charge in [-0.3, -0.25) is 4.68 Å². The third-order valence-corrected chi connectivity index (χ3v) is 1.97. The summed E-state index contributed by atoms with van der Waals surface area (Å²) in [7, 11) is 1.86. The van der Waals surface area contributed by atoms with Crippen LogP contribution in [0.1, 0.15) is 31.3 Å². The highest BCUT2D eigenvalue weighted by molar-refractivity contribution is 5.11. The zero-order valence-electron chi connectivity index (χ0n) is 8.07. The van der Waals surface area contributed by atoms with Crippen LogP contribution in [0.5, 0.6) is 0 Å². The summed E-state index contributed by atoms with van der Waals surface area (Å²) in [4.78, 5) is 0. The third-order valence-electron chi connectivity index (χ3n) is 1.97. The van der Waals surface area contributed by atoms with Crippen molar-refractivity contribution in [2.24, 2.45) is 13.0 Å². The van der Waals surface area contributed by atoms with Crippen molar-refractivity contribution in [2.45, 2.75) is 26.9 Å². The fraction of sp³-hybridized carbons (Fsp3) is 0.667. The fourth-order valence-electron chi connectivity index (χ4n) is 1.25. The van der Waals surface area contributed by atoms with Crippen molar-refractivity contribution in [3.63, 3.8) is 0 Å². The first-order valence-electron chi connectivity index (χ1n) is 4.21. The van der Waals surface area contributed by atoms with Crippen LogP contribution in [0.25, 0.3) is 0 Å². The zero-order valence-corrected chi connectivity index (χ0v) is 8.07. The molecule has 0 aliphatic carbocycles. The van der Waals surface area contributed by atoms with Gasteiger partial charge >= 0.3 is 0 Å². The average molecular weight is 168 g/mol. The number of nitrogens with zero attached hydrogens (tertiary/aromatic N) is 2. The largest absolute Gasteiger partial charge is 0.387 e. The van der Waals surface area contributed by atoms with Crippen LogP contribution in [0, 0.1) is 12.8 Å². The van der Waals surface area contributed by atoms with Crippen molar-refractivity contribution in [1.82, 2.24) is 9.78 Å². The van der Waals surface area contributed by atoms with Gasteiger partial charge in [0.15, 0.2) is 0 Å². The molecule has 1 aromatic heterocycles. The summed E-state index contributed by atoms with van der Waals surface area (Å²) in [6, 6.07) is 1.92. The van der Waals surface area contributed by atoms with Crippen molar-refractivity contribution in [1.29, 1.82) is 0 Å². The maximum Gasteiger partial charge on any atom is 0.0979 e. The van der Waals surface area contributed by atoms with Crippen LogP contribution in [0.2, 0.25) is 0 Å². The molecule has 0 bridgehead atoms. The highest BCUT2D eigenvalue weighted by Gasteiger charge is 2.15. The molecule has 0 saturated carbocycles. The Balaban J connectivity index is 2.94. The van der Waals surface area contributed by atoms with E-state index in [1.807, 2.05) is 33.9 Å². The predicted octanol–water partition coefficient (Wildman–Crippen LogP) is 1.42. The van der Waals surface area contributed by atoms with Gasteiger partial charge in [-0.2, -0.15) is 5.10 Å². The standard InChI is InChI=1S/C9H16N2O/c1-6(2)9(12)8-5-7(3)10-11(8)4/h5-6,9,12H,1-4H3. The Bertz CT molecular complexity index is 265. The minimum Gasteiger partial charge on any atom is -0.387 e. The molecule has 0 spiro atoms. The molecule has 0 aromatic carbocycles. The molecule has 0 aliphatic rings. The van der Waals surface area contributed by atoms with Gasteiger partial charge in [-0.1, -0.05) is 13.8 Å². The average Bonchev–Trinajstić information content (AvgIpc) is 2.28. The highest BCUT2D eigenvalue weighted by Crippen LogP contribution is 2.20. The normalized spacial score (nSPS) is 13.8. The van der Waals surface area contributed by atoms with Gasteiger partial charge in [0.25, 0.3) is 0 Å². The van der Waals surface area contributed by atoms with E-state index in [1.54, 1.807) is 4.68 Å². The predicted molar refractivity (Wildman–Crippen MR) is 47.7 cm³/mol. The van der Waals surface area contributed by atoms with Gasteiger partial charge in [0, 0.05) is 7.05 Å². The lowest BCUT2D eigenvalue weighted by Gasteiger charge is -2.13. The fourth-order valence-corrected chi connectivity index (χ4v) is 1.25. The highest BCUT2D eigenvalue weighted by atomic mass is 16.3. The Morgan fingerprint density at radius 1 is 1.50 bits per heavy atom. The van der Waals surface area contributed by atoms with E-state index in [1.165, 1.54) is 0 Å². The second-order valence-corrected chi connectivity index (χ2v) is 3.52. The molecule has 1 heterocycles. The van der Waals surface area contributed by atoms with Crippen LogP contribution >= 0.6 is 0 Å². The molecule has 1 aromatic rings. The molecule has 0 amide bonds. The van der Waals surface area contributed by atoms with E-state index >= 15 is 0 Å². The smallest absolute Gasteiger partial charge is 0.0979 e. The SMILES string of the molecule is Cc1cc(C(O)C(C)C)n(C)n1. The maximum atomic E-state index is 9.73. The number of aryl methyl sites for hydroxylation is 2. The molecule has 0 radical (unpaired) electrons. The van der Waals surface area contributed by atoms with Gasteiger partial charge in [-0.05, 0) is 18.9 Å². The van der Waals surface area contributed by atoms with E-state index in [0.29, 0.717) is 0 Å². The number of aromatic nitrogens is 2. The van der Waals surface area contributed by atoms with Crippen LogP contribution in [0.4, 0.5) is 0 Å². The molecule has 12 heavy (non-hydrogen) atoms. The van der Waals surface area contributed by atoms with Crippen LogP contribution in [-0.4, -0.2) is 14.9 Å². The van der Waals surface area contributed by atoms with Crippen LogP contribution in [-0.2, 0) is 7.05 Å². The quantitative estimate of drug-likeness (QED) is 0.725. The van der Waals surface area contributed by atoms with E-state index in [0.717, 1.165) is 11.4 Å². The van der Waals surface area contributed by atoms with E-state index in [2.05, 4.69) is 5.10 Å². The summed E-state index contributed by atoms with van der Waals surface area (Å²) in [6.45, 7) is 5.91. The van der Waals surface area contributed by atoms with Gasteiger partial charge in [0.05, 0.1) is 17.5 Å². The van der Waals surface area contributed by atoms with Gasteiger partial charge in [0.1, 0.15) is 0 Å². The van der Waals surface area contributed by atoms with Crippen LogP contribution in [0.3, 0.4) is 0 Å². The van der Waals surface area contributed by atoms with Crippen molar-refractivity contribution < 1.29 is 5.11 Å². The topological polar surface area (TPSA) is 38.0 Å². The number of rotatable bonds is 2. The molecule has 0 aliphatic heterocycles.